The molecular weight excluding hydrogens is 358 g/mol. The van der Waals surface area contributed by atoms with Crippen molar-refractivity contribution in [3.8, 4) is 6.07 Å². The zero-order chi connectivity index (χ0) is 20.0. The number of nitrogens with zero attached hydrogens (tertiary/aromatic N) is 2. The van der Waals surface area contributed by atoms with Crippen molar-refractivity contribution in [2.45, 2.75) is 56.9 Å². The number of rotatable bonds is 1. The summed E-state index contributed by atoms with van der Waals surface area (Å²) in [5.74, 6) is -1.74. The lowest BCUT2D eigenvalue weighted by atomic mass is 9.76. The van der Waals surface area contributed by atoms with Crippen LogP contribution in [0.25, 0.3) is 0 Å². The first-order valence-electron chi connectivity index (χ1n) is 8.75. The van der Waals surface area contributed by atoms with Gasteiger partial charge in [0.05, 0.1) is 36.5 Å². The van der Waals surface area contributed by atoms with Gasteiger partial charge in [-0.05, 0) is 32.9 Å². The maximum Gasteiger partial charge on any atom is 0.410 e. The van der Waals surface area contributed by atoms with E-state index in [1.807, 2.05) is 0 Å². The van der Waals surface area contributed by atoms with Gasteiger partial charge in [0.25, 0.3) is 0 Å². The van der Waals surface area contributed by atoms with E-state index in [-0.39, 0.29) is 31.6 Å². The fraction of sp³-hybridized carbons (Fsp3) is 0.579. The minimum atomic E-state index is -1.67. The number of morpholine rings is 1. The van der Waals surface area contributed by atoms with Crippen LogP contribution in [0.5, 0.6) is 0 Å². The van der Waals surface area contributed by atoms with Gasteiger partial charge in [-0.1, -0.05) is 0 Å². The van der Waals surface area contributed by atoms with Gasteiger partial charge >= 0.3 is 6.09 Å². The van der Waals surface area contributed by atoms with Crippen molar-refractivity contribution < 1.29 is 28.2 Å². The number of carbonyl (C=O) groups excluding carboxylic acids is 1. The number of fused-ring (bicyclic) bond motifs is 2. The molecule has 1 amide bonds. The van der Waals surface area contributed by atoms with Crippen LogP contribution in [0.2, 0.25) is 0 Å². The normalized spacial score (nSPS) is 27.8. The molecule has 1 aromatic rings. The molecule has 6 nitrogen and oxygen atoms in total. The van der Waals surface area contributed by atoms with Crippen molar-refractivity contribution in [1.29, 1.82) is 5.26 Å². The van der Waals surface area contributed by atoms with Gasteiger partial charge in [0.15, 0.2) is 0 Å². The molecule has 0 aromatic heterocycles. The largest absolute Gasteiger partial charge is 0.444 e. The van der Waals surface area contributed by atoms with Crippen LogP contribution < -0.4 is 0 Å². The molecule has 1 aromatic carbocycles. The van der Waals surface area contributed by atoms with Crippen LogP contribution >= 0.6 is 0 Å². The van der Waals surface area contributed by atoms with E-state index >= 15 is 0 Å². The van der Waals surface area contributed by atoms with E-state index in [1.54, 1.807) is 26.8 Å². The molecule has 3 rings (SSSR count). The number of benzene rings is 1. The maximum absolute atomic E-state index is 14.5. The molecule has 27 heavy (non-hydrogen) atoms. The number of hydrogen-bond donors (Lipinski definition) is 1. The third kappa shape index (κ3) is 3.75. The fourth-order valence-corrected chi connectivity index (χ4v) is 3.80. The molecule has 0 aliphatic carbocycles. The van der Waals surface area contributed by atoms with Gasteiger partial charge < -0.3 is 14.6 Å². The quantitative estimate of drug-likeness (QED) is 0.810. The molecule has 0 spiro atoms. The van der Waals surface area contributed by atoms with E-state index in [9.17, 15) is 18.7 Å². The Labute approximate surface area is 156 Å². The van der Waals surface area contributed by atoms with Gasteiger partial charge in [-0.15, -0.1) is 0 Å². The molecule has 2 unspecified atom stereocenters. The third-order valence-corrected chi connectivity index (χ3v) is 4.84. The zero-order valence-electron chi connectivity index (χ0n) is 15.5. The van der Waals surface area contributed by atoms with Gasteiger partial charge in [0.1, 0.15) is 23.3 Å². The van der Waals surface area contributed by atoms with Crippen molar-refractivity contribution in [1.82, 2.24) is 4.90 Å². The number of hydrogen-bond acceptors (Lipinski definition) is 5. The summed E-state index contributed by atoms with van der Waals surface area (Å²) in [5, 5.41) is 20.0. The second-order valence-electron chi connectivity index (χ2n) is 8.10. The van der Waals surface area contributed by atoms with Crippen molar-refractivity contribution in [2.24, 2.45) is 0 Å². The highest BCUT2D eigenvalue weighted by molar-refractivity contribution is 5.69. The number of aliphatic hydroxyl groups is 1. The van der Waals surface area contributed by atoms with Crippen LogP contribution in [0.15, 0.2) is 12.1 Å². The summed E-state index contributed by atoms with van der Waals surface area (Å²) >= 11 is 0. The lowest BCUT2D eigenvalue weighted by Crippen LogP contribution is -2.63. The number of amides is 1. The third-order valence-electron chi connectivity index (χ3n) is 4.84. The van der Waals surface area contributed by atoms with Crippen LogP contribution in [-0.4, -0.2) is 47.0 Å². The van der Waals surface area contributed by atoms with Crippen LogP contribution in [-0.2, 0) is 15.1 Å². The Hall–Kier alpha value is -2.24. The minimum absolute atomic E-state index is 0.0228. The molecule has 2 atom stereocenters. The van der Waals surface area contributed by atoms with Gasteiger partial charge in [0, 0.05) is 18.4 Å². The van der Waals surface area contributed by atoms with E-state index in [0.717, 1.165) is 12.1 Å². The highest BCUT2D eigenvalue weighted by atomic mass is 19.1. The Kier molecular flexibility index (Phi) is 4.87. The standard InChI is InChI=1S/C19H22F2N2O4/c1-18(2,3)27-17(24)23-12-6-19(25,7-13(23)10-26-9-12)14-5-15(20)11(8-22)4-16(14)21/h4-5,12-13,25H,6-7,9-10H2,1-3H3. The fourth-order valence-electron chi connectivity index (χ4n) is 3.80. The highest BCUT2D eigenvalue weighted by Crippen LogP contribution is 2.42. The second-order valence-corrected chi connectivity index (χ2v) is 8.10. The summed E-state index contributed by atoms with van der Waals surface area (Å²) in [4.78, 5) is 14.1. The average molecular weight is 380 g/mol. The minimum Gasteiger partial charge on any atom is -0.444 e. The topological polar surface area (TPSA) is 82.8 Å². The summed E-state index contributed by atoms with van der Waals surface area (Å²) in [6.07, 6.45) is -0.565. The first-order chi connectivity index (χ1) is 12.5. The number of nitriles is 1. The molecule has 8 heteroatoms. The van der Waals surface area contributed by atoms with Gasteiger partial charge in [-0.25, -0.2) is 13.6 Å². The smallest absolute Gasteiger partial charge is 0.410 e. The molecule has 2 bridgehead atoms. The summed E-state index contributed by atoms with van der Waals surface area (Å²) in [7, 11) is 0. The lowest BCUT2D eigenvalue weighted by molar-refractivity contribution is -0.142. The predicted octanol–water partition coefficient (Wildman–Crippen LogP) is 2.82. The molecular formula is C19H22F2N2O4. The first kappa shape index (κ1) is 19.5. The Morgan fingerprint density at radius 1 is 1.30 bits per heavy atom. The maximum atomic E-state index is 14.5. The van der Waals surface area contributed by atoms with Crippen LogP contribution in [0.4, 0.5) is 13.6 Å². The van der Waals surface area contributed by atoms with E-state index in [1.165, 1.54) is 4.90 Å². The molecule has 2 heterocycles. The lowest BCUT2D eigenvalue weighted by Gasteiger charge is -2.51. The number of piperidine rings is 1. The van der Waals surface area contributed by atoms with Crippen molar-refractivity contribution in [2.75, 3.05) is 13.2 Å². The van der Waals surface area contributed by atoms with Gasteiger partial charge in [-0.3, -0.25) is 4.90 Å². The number of carbonyl (C=O) groups is 1. The molecule has 0 radical (unpaired) electrons. The molecule has 1 N–H and O–H groups in total. The molecule has 2 aliphatic heterocycles. The Morgan fingerprint density at radius 3 is 2.41 bits per heavy atom. The predicted molar refractivity (Wildman–Crippen MR) is 90.7 cm³/mol. The van der Waals surface area contributed by atoms with E-state index in [2.05, 4.69) is 0 Å². The van der Waals surface area contributed by atoms with Crippen molar-refractivity contribution in [3.63, 3.8) is 0 Å². The number of halogens is 2. The van der Waals surface area contributed by atoms with Crippen LogP contribution in [0, 0.1) is 23.0 Å². The average Bonchev–Trinajstić information content (AvgIpc) is 2.54. The monoisotopic (exact) mass is 380 g/mol. The second kappa shape index (κ2) is 6.73. The Balaban J connectivity index is 1.91. The first-order valence-corrected chi connectivity index (χ1v) is 8.75. The van der Waals surface area contributed by atoms with E-state index in [0.29, 0.717) is 0 Å². The molecule has 0 saturated carbocycles. The Bertz CT molecular complexity index is 786. The summed E-state index contributed by atoms with van der Waals surface area (Å²) in [6.45, 7) is 5.60. The molecule has 2 saturated heterocycles. The van der Waals surface area contributed by atoms with E-state index in [4.69, 9.17) is 14.7 Å². The Morgan fingerprint density at radius 2 is 1.89 bits per heavy atom. The SMILES string of the molecule is CC(C)(C)OC(=O)N1C2COCC1CC(O)(c1cc(F)c(C#N)cc1F)C2. The highest BCUT2D eigenvalue weighted by Gasteiger charge is 2.50. The summed E-state index contributed by atoms with van der Waals surface area (Å²) < 4.78 is 39.4. The number of ether oxygens (including phenoxy) is 2. The molecule has 2 aliphatic rings. The van der Waals surface area contributed by atoms with Gasteiger partial charge in [-0.2, -0.15) is 5.26 Å². The van der Waals surface area contributed by atoms with Crippen LogP contribution in [0.1, 0.15) is 44.7 Å². The van der Waals surface area contributed by atoms with Crippen LogP contribution in [0.3, 0.4) is 0 Å². The van der Waals surface area contributed by atoms with Gasteiger partial charge in [0.2, 0.25) is 0 Å². The van der Waals surface area contributed by atoms with Crippen molar-refractivity contribution >= 4 is 6.09 Å². The van der Waals surface area contributed by atoms with Crippen molar-refractivity contribution in [3.05, 3.63) is 34.9 Å². The molecule has 146 valence electrons. The summed E-state index contributed by atoms with van der Waals surface area (Å²) in [5.41, 5.74) is -2.98. The van der Waals surface area contributed by atoms with E-state index < -0.39 is 46.6 Å². The molecule has 2 fully saturated rings. The zero-order valence-corrected chi connectivity index (χ0v) is 15.5. The summed E-state index contributed by atoms with van der Waals surface area (Å²) in [6, 6.07) is 2.17.